The minimum absolute atomic E-state index is 0.342. The molecule has 0 aliphatic carbocycles. The number of rotatable bonds is 2. The third-order valence-corrected chi connectivity index (χ3v) is 2.61. The quantitative estimate of drug-likeness (QED) is 0.858. The molecule has 2 nitrogen and oxygen atoms in total. The van der Waals surface area contributed by atoms with E-state index in [2.05, 4.69) is 21.2 Å². The van der Waals surface area contributed by atoms with E-state index in [-0.39, 0.29) is 0 Å². The Morgan fingerprint density at radius 1 is 1.46 bits per heavy atom. The lowest BCUT2D eigenvalue weighted by Crippen LogP contribution is -2.19. The third kappa shape index (κ3) is 2.45. The average molecular weight is 242 g/mol. The number of benzene rings is 1. The fourth-order valence-corrected chi connectivity index (χ4v) is 1.84. The first-order chi connectivity index (χ1) is 6.34. The molecule has 3 heteroatoms. The van der Waals surface area contributed by atoms with Gasteiger partial charge in [-0.3, -0.25) is 0 Å². The number of ether oxygens (including phenoxy) is 1. The maximum Gasteiger partial charge on any atom is 0.120 e. The zero-order chi connectivity index (χ0) is 9.10. The van der Waals surface area contributed by atoms with Crippen LogP contribution >= 0.6 is 15.9 Å². The second kappa shape index (κ2) is 4.11. The zero-order valence-electron chi connectivity index (χ0n) is 7.29. The van der Waals surface area contributed by atoms with E-state index in [4.69, 9.17) is 4.74 Å². The predicted molar refractivity (Wildman–Crippen MR) is 56.0 cm³/mol. The summed E-state index contributed by atoms with van der Waals surface area (Å²) in [6.45, 7) is 2.03. The van der Waals surface area contributed by atoms with Gasteiger partial charge in [-0.1, -0.05) is 22.0 Å². The highest BCUT2D eigenvalue weighted by atomic mass is 79.9. The standard InChI is InChI=1S/C10H12BrNO/c11-8-2-1-3-9(6-8)13-10-4-5-12-7-10/h1-3,6,10,12H,4-5,7H2. The topological polar surface area (TPSA) is 21.3 Å². The van der Waals surface area contributed by atoms with E-state index >= 15 is 0 Å². The minimum Gasteiger partial charge on any atom is -0.489 e. The summed E-state index contributed by atoms with van der Waals surface area (Å²) in [7, 11) is 0. The molecular formula is C10H12BrNO. The van der Waals surface area contributed by atoms with Gasteiger partial charge in [-0.15, -0.1) is 0 Å². The molecule has 1 saturated heterocycles. The summed E-state index contributed by atoms with van der Waals surface area (Å²) in [5.74, 6) is 0.947. The van der Waals surface area contributed by atoms with E-state index in [1.165, 1.54) is 0 Å². The molecule has 0 bridgehead atoms. The Labute approximate surface area is 86.4 Å². The van der Waals surface area contributed by atoms with Gasteiger partial charge in [-0.05, 0) is 31.2 Å². The van der Waals surface area contributed by atoms with E-state index in [0.717, 1.165) is 29.7 Å². The largest absolute Gasteiger partial charge is 0.489 e. The molecule has 0 saturated carbocycles. The van der Waals surface area contributed by atoms with E-state index in [0.29, 0.717) is 6.10 Å². The molecule has 0 spiro atoms. The van der Waals surface area contributed by atoms with E-state index in [1.54, 1.807) is 0 Å². The van der Waals surface area contributed by atoms with Crippen LogP contribution in [0, 0.1) is 0 Å². The van der Waals surface area contributed by atoms with Crippen molar-refractivity contribution in [3.63, 3.8) is 0 Å². The van der Waals surface area contributed by atoms with Crippen LogP contribution in [0.4, 0.5) is 0 Å². The zero-order valence-corrected chi connectivity index (χ0v) is 8.88. The summed E-state index contributed by atoms with van der Waals surface area (Å²) in [5, 5.41) is 3.27. The molecule has 1 atom stereocenters. The molecule has 2 rings (SSSR count). The maximum absolute atomic E-state index is 5.76. The first-order valence-electron chi connectivity index (χ1n) is 4.47. The fourth-order valence-electron chi connectivity index (χ4n) is 1.46. The summed E-state index contributed by atoms with van der Waals surface area (Å²) in [5.41, 5.74) is 0. The Kier molecular flexibility index (Phi) is 2.86. The van der Waals surface area contributed by atoms with Gasteiger partial charge in [0.25, 0.3) is 0 Å². The van der Waals surface area contributed by atoms with Crippen molar-refractivity contribution < 1.29 is 4.74 Å². The molecule has 1 aliphatic heterocycles. The fraction of sp³-hybridized carbons (Fsp3) is 0.400. The second-order valence-electron chi connectivity index (χ2n) is 3.19. The lowest BCUT2D eigenvalue weighted by Gasteiger charge is -2.12. The van der Waals surface area contributed by atoms with Crippen molar-refractivity contribution in [3.8, 4) is 5.75 Å². The molecule has 13 heavy (non-hydrogen) atoms. The Morgan fingerprint density at radius 2 is 2.38 bits per heavy atom. The monoisotopic (exact) mass is 241 g/mol. The van der Waals surface area contributed by atoms with Gasteiger partial charge < -0.3 is 10.1 Å². The molecule has 0 aromatic heterocycles. The SMILES string of the molecule is Brc1cccc(OC2CCNC2)c1. The molecule has 1 unspecified atom stereocenters. The molecule has 1 heterocycles. The summed E-state index contributed by atoms with van der Waals surface area (Å²) in [6, 6.07) is 7.98. The third-order valence-electron chi connectivity index (χ3n) is 2.11. The van der Waals surface area contributed by atoms with Crippen molar-refractivity contribution in [2.24, 2.45) is 0 Å². The highest BCUT2D eigenvalue weighted by Gasteiger charge is 2.15. The van der Waals surface area contributed by atoms with Crippen LogP contribution in [0.2, 0.25) is 0 Å². The van der Waals surface area contributed by atoms with Crippen molar-refractivity contribution in [2.45, 2.75) is 12.5 Å². The summed E-state index contributed by atoms with van der Waals surface area (Å²) >= 11 is 3.42. The normalized spacial score (nSPS) is 21.8. The van der Waals surface area contributed by atoms with Crippen molar-refractivity contribution in [2.75, 3.05) is 13.1 Å². The Hall–Kier alpha value is -0.540. The molecule has 70 valence electrons. The van der Waals surface area contributed by atoms with Gasteiger partial charge in [0.2, 0.25) is 0 Å². The highest BCUT2D eigenvalue weighted by Crippen LogP contribution is 2.20. The van der Waals surface area contributed by atoms with Crippen LogP contribution in [0.25, 0.3) is 0 Å². The van der Waals surface area contributed by atoms with Crippen molar-refractivity contribution >= 4 is 15.9 Å². The van der Waals surface area contributed by atoms with E-state index < -0.39 is 0 Å². The highest BCUT2D eigenvalue weighted by molar-refractivity contribution is 9.10. The van der Waals surface area contributed by atoms with Crippen LogP contribution in [0.15, 0.2) is 28.7 Å². The van der Waals surface area contributed by atoms with Gasteiger partial charge in [-0.25, -0.2) is 0 Å². The molecule has 1 N–H and O–H groups in total. The van der Waals surface area contributed by atoms with Crippen molar-refractivity contribution in [1.29, 1.82) is 0 Å². The average Bonchev–Trinajstić information content (AvgIpc) is 2.57. The number of halogens is 1. The second-order valence-corrected chi connectivity index (χ2v) is 4.11. The molecule has 1 aromatic carbocycles. The molecule has 1 aromatic rings. The number of nitrogens with one attached hydrogen (secondary N) is 1. The van der Waals surface area contributed by atoms with Gasteiger partial charge >= 0.3 is 0 Å². The van der Waals surface area contributed by atoms with Crippen LogP contribution in [-0.4, -0.2) is 19.2 Å². The van der Waals surface area contributed by atoms with Gasteiger partial charge in [0, 0.05) is 11.0 Å². The molecular weight excluding hydrogens is 230 g/mol. The van der Waals surface area contributed by atoms with Crippen LogP contribution in [-0.2, 0) is 0 Å². The predicted octanol–water partition coefficient (Wildman–Crippen LogP) is 2.19. The first-order valence-corrected chi connectivity index (χ1v) is 5.27. The van der Waals surface area contributed by atoms with Gasteiger partial charge in [0.05, 0.1) is 0 Å². The van der Waals surface area contributed by atoms with E-state index in [1.807, 2.05) is 24.3 Å². The van der Waals surface area contributed by atoms with Crippen LogP contribution in [0.5, 0.6) is 5.75 Å². The summed E-state index contributed by atoms with van der Waals surface area (Å²) in [4.78, 5) is 0. The van der Waals surface area contributed by atoms with Crippen molar-refractivity contribution in [1.82, 2.24) is 5.32 Å². The summed E-state index contributed by atoms with van der Waals surface area (Å²) < 4.78 is 6.83. The van der Waals surface area contributed by atoms with Gasteiger partial charge in [0.1, 0.15) is 11.9 Å². The Morgan fingerprint density at radius 3 is 3.08 bits per heavy atom. The molecule has 1 aliphatic rings. The lowest BCUT2D eigenvalue weighted by atomic mass is 10.3. The lowest BCUT2D eigenvalue weighted by molar-refractivity contribution is 0.223. The Bertz CT molecular complexity index is 284. The van der Waals surface area contributed by atoms with Gasteiger partial charge in [-0.2, -0.15) is 0 Å². The number of hydrogen-bond acceptors (Lipinski definition) is 2. The smallest absolute Gasteiger partial charge is 0.120 e. The summed E-state index contributed by atoms with van der Waals surface area (Å²) in [6.07, 6.45) is 1.45. The van der Waals surface area contributed by atoms with Gasteiger partial charge in [0.15, 0.2) is 0 Å². The van der Waals surface area contributed by atoms with Crippen LogP contribution in [0.3, 0.4) is 0 Å². The molecule has 0 radical (unpaired) electrons. The number of hydrogen-bond donors (Lipinski definition) is 1. The maximum atomic E-state index is 5.76. The van der Waals surface area contributed by atoms with E-state index in [9.17, 15) is 0 Å². The molecule has 0 amide bonds. The Balaban J connectivity index is 2.00. The van der Waals surface area contributed by atoms with Crippen LogP contribution in [0.1, 0.15) is 6.42 Å². The minimum atomic E-state index is 0.342. The molecule has 1 fully saturated rings. The van der Waals surface area contributed by atoms with Crippen LogP contribution < -0.4 is 10.1 Å². The van der Waals surface area contributed by atoms with Crippen molar-refractivity contribution in [3.05, 3.63) is 28.7 Å². The first kappa shape index (κ1) is 9.03.